The van der Waals surface area contributed by atoms with E-state index in [2.05, 4.69) is 11.4 Å². The van der Waals surface area contributed by atoms with Crippen molar-refractivity contribution in [1.82, 2.24) is 4.98 Å². The predicted octanol–water partition coefficient (Wildman–Crippen LogP) is 1.03. The van der Waals surface area contributed by atoms with E-state index in [9.17, 15) is 0 Å². The van der Waals surface area contributed by atoms with Gasteiger partial charge in [-0.05, 0) is 5.76 Å². The number of hydrogen-bond acceptors (Lipinski definition) is 2. The van der Waals surface area contributed by atoms with Gasteiger partial charge in [0.05, 0.1) is 0 Å². The molecule has 0 amide bonds. The summed E-state index contributed by atoms with van der Waals surface area (Å²) in [5, 5.41) is 0. The van der Waals surface area contributed by atoms with Gasteiger partial charge in [0.1, 0.15) is 6.39 Å². The quantitative estimate of drug-likeness (QED) is 0.610. The van der Waals surface area contributed by atoms with Crippen LogP contribution in [0.2, 0.25) is 0 Å². The molecule has 0 spiro atoms. The van der Waals surface area contributed by atoms with Gasteiger partial charge in [0.25, 0.3) is 0 Å². The summed E-state index contributed by atoms with van der Waals surface area (Å²) >= 11 is 0. The number of hydrogen-bond donors (Lipinski definition) is 0. The molecule has 0 aliphatic rings. The number of rotatable bonds is 1. The average molecular weight is 185 g/mol. The molecule has 41 valence electrons. The number of oxazole rings is 1. The Morgan fingerprint density at radius 1 is 1.88 bits per heavy atom. The van der Waals surface area contributed by atoms with E-state index < -0.39 is 0 Å². The number of nitrogens with zero attached hydrogens (tertiary/aromatic N) is 1. The van der Waals surface area contributed by atoms with Crippen LogP contribution in [0.15, 0.2) is 10.6 Å². The van der Waals surface area contributed by atoms with Crippen molar-refractivity contribution in [3.63, 3.8) is 0 Å². The van der Waals surface area contributed by atoms with Crippen LogP contribution in [0.5, 0.6) is 0 Å². The van der Waals surface area contributed by atoms with Crippen molar-refractivity contribution in [3.8, 4) is 0 Å². The molecule has 1 heterocycles. The molecule has 8 heavy (non-hydrogen) atoms. The maximum atomic E-state index is 4.75. The van der Waals surface area contributed by atoms with Crippen molar-refractivity contribution < 1.29 is 37.1 Å². The van der Waals surface area contributed by atoms with E-state index in [1.807, 2.05) is 6.92 Å². The summed E-state index contributed by atoms with van der Waals surface area (Å²) in [7, 11) is 0. The van der Waals surface area contributed by atoms with Crippen molar-refractivity contribution in [3.05, 3.63) is 18.4 Å². The normalized spacial score (nSPS) is 8.12. The van der Waals surface area contributed by atoms with Crippen LogP contribution in [-0.2, 0) is 39.1 Å². The van der Waals surface area contributed by atoms with E-state index in [4.69, 9.17) is 4.42 Å². The van der Waals surface area contributed by atoms with Crippen LogP contribution in [0.4, 0.5) is 0 Å². The first-order valence-corrected chi connectivity index (χ1v) is 2.24. The minimum absolute atomic E-state index is 0. The summed E-state index contributed by atoms with van der Waals surface area (Å²) in [4.78, 5) is 3.60. The van der Waals surface area contributed by atoms with Gasteiger partial charge in [-0.15, -0.1) is 0 Å². The third-order valence-corrected chi connectivity index (χ3v) is 0.786. The molecule has 0 aliphatic heterocycles. The zero-order valence-electron chi connectivity index (χ0n) is 4.72. The number of aromatic nitrogens is 1. The Kier molecular flexibility index (Phi) is 4.38. The van der Waals surface area contributed by atoms with Crippen LogP contribution < -0.4 is 0 Å². The minimum atomic E-state index is 0. The van der Waals surface area contributed by atoms with Crippen molar-refractivity contribution in [1.29, 1.82) is 0 Å². The second-order valence-electron chi connectivity index (χ2n) is 1.27. The van der Waals surface area contributed by atoms with Crippen LogP contribution in [-0.4, -0.2) is 4.98 Å². The monoisotopic (exact) mass is 185 g/mol. The van der Waals surface area contributed by atoms with Crippen LogP contribution in [0.1, 0.15) is 12.7 Å². The average Bonchev–Trinajstić information content (AvgIpc) is 2.14. The summed E-state index contributed by atoms with van der Waals surface area (Å²) < 4.78 is 4.75. The molecule has 1 radical (unpaired) electrons. The first kappa shape index (κ1) is 8.31. The molecule has 1 aromatic heterocycles. The van der Waals surface area contributed by atoms with Gasteiger partial charge in [0, 0.05) is 32.7 Å². The van der Waals surface area contributed by atoms with Crippen molar-refractivity contribution in [2.45, 2.75) is 13.3 Å². The van der Waals surface area contributed by atoms with Crippen LogP contribution in [0.3, 0.4) is 0 Å². The zero-order chi connectivity index (χ0) is 5.11. The summed E-state index contributed by atoms with van der Waals surface area (Å²) in [6, 6.07) is 0. The summed E-state index contributed by atoms with van der Waals surface area (Å²) in [6.45, 7) is 2.01. The maximum absolute atomic E-state index is 4.75. The summed E-state index contributed by atoms with van der Waals surface area (Å²) in [6.07, 6.45) is 4.92. The molecule has 0 atom stereocenters. The van der Waals surface area contributed by atoms with Gasteiger partial charge in [0.2, 0.25) is 0 Å². The molecular formula is C5H6NOY-. The molecule has 0 aromatic carbocycles. The Morgan fingerprint density at radius 2 is 2.62 bits per heavy atom. The van der Waals surface area contributed by atoms with E-state index in [1.165, 1.54) is 0 Å². The van der Waals surface area contributed by atoms with Crippen molar-refractivity contribution in [2.75, 3.05) is 0 Å². The zero-order valence-corrected chi connectivity index (χ0v) is 7.56. The van der Waals surface area contributed by atoms with Gasteiger partial charge in [-0.25, -0.2) is 0 Å². The van der Waals surface area contributed by atoms with Crippen LogP contribution in [0, 0.1) is 6.39 Å². The minimum Gasteiger partial charge on any atom is -0.578 e. The standard InChI is InChI=1S/C5H6NO.Y/c1-2-5-3-6-4-7-5;/h3H,2H2,1H3;/q-1;. The molecule has 0 saturated heterocycles. The number of aryl methyl sites for hydroxylation is 1. The molecule has 2 nitrogen and oxygen atoms in total. The Labute approximate surface area is 73.6 Å². The third kappa shape index (κ3) is 2.06. The summed E-state index contributed by atoms with van der Waals surface area (Å²) in [5.74, 6) is 0.889. The van der Waals surface area contributed by atoms with Gasteiger partial charge in [-0.3, -0.25) is 0 Å². The van der Waals surface area contributed by atoms with Crippen LogP contribution in [0.25, 0.3) is 0 Å². The topological polar surface area (TPSA) is 26.0 Å². The molecule has 0 aliphatic carbocycles. The van der Waals surface area contributed by atoms with E-state index in [0.29, 0.717) is 0 Å². The largest absolute Gasteiger partial charge is 0.578 e. The Morgan fingerprint density at radius 3 is 2.88 bits per heavy atom. The second-order valence-corrected chi connectivity index (χ2v) is 1.27. The van der Waals surface area contributed by atoms with E-state index >= 15 is 0 Å². The van der Waals surface area contributed by atoms with Crippen molar-refractivity contribution >= 4 is 0 Å². The van der Waals surface area contributed by atoms with E-state index in [1.54, 1.807) is 6.20 Å². The molecule has 0 unspecified atom stereocenters. The van der Waals surface area contributed by atoms with Gasteiger partial charge in [0.15, 0.2) is 0 Å². The first-order chi connectivity index (χ1) is 3.43. The van der Waals surface area contributed by atoms with E-state index in [-0.39, 0.29) is 32.7 Å². The van der Waals surface area contributed by atoms with Gasteiger partial charge in [-0.1, -0.05) is 19.5 Å². The summed E-state index contributed by atoms with van der Waals surface area (Å²) in [5.41, 5.74) is 0. The maximum Gasteiger partial charge on any atom is 0.102 e. The Hall–Kier alpha value is 0.314. The second kappa shape index (κ2) is 4.22. The fourth-order valence-electron chi connectivity index (χ4n) is 0.373. The smallest absolute Gasteiger partial charge is 0.102 e. The molecular weight excluding hydrogens is 179 g/mol. The third-order valence-electron chi connectivity index (χ3n) is 0.786. The van der Waals surface area contributed by atoms with Gasteiger partial charge in [-0.2, -0.15) is 0 Å². The molecule has 0 N–H and O–H groups in total. The fourth-order valence-corrected chi connectivity index (χ4v) is 0.373. The first-order valence-electron chi connectivity index (χ1n) is 2.24. The molecule has 3 heteroatoms. The molecule has 0 fully saturated rings. The Bertz CT molecular complexity index is 127. The van der Waals surface area contributed by atoms with Gasteiger partial charge >= 0.3 is 0 Å². The van der Waals surface area contributed by atoms with Gasteiger partial charge < -0.3 is 9.40 Å². The van der Waals surface area contributed by atoms with Crippen molar-refractivity contribution in [2.24, 2.45) is 0 Å². The molecule has 0 bridgehead atoms. The van der Waals surface area contributed by atoms with E-state index in [0.717, 1.165) is 12.2 Å². The molecule has 1 aromatic rings. The van der Waals surface area contributed by atoms with Crippen LogP contribution >= 0.6 is 0 Å². The molecule has 1 rings (SSSR count). The predicted molar refractivity (Wildman–Crippen MR) is 24.7 cm³/mol. The Balaban J connectivity index is 0.000000490. The molecule has 0 saturated carbocycles. The SMILES string of the molecule is CCc1cn[c-]o1.[Y]. The fraction of sp³-hybridized carbons (Fsp3) is 0.400.